The maximum Gasteiger partial charge on any atom is 0.0646 e. The van der Waals surface area contributed by atoms with Gasteiger partial charge in [-0.25, -0.2) is 0 Å². The molecule has 0 bridgehead atoms. The monoisotopic (exact) mass is 162 g/mol. The van der Waals surface area contributed by atoms with Crippen LogP contribution in [-0.2, 0) is 4.74 Å². The first-order valence-electron chi connectivity index (χ1n) is 4.05. The van der Waals surface area contributed by atoms with Crippen LogP contribution in [0.25, 0.3) is 6.08 Å². The molecule has 0 unspecified atom stereocenters. The fourth-order valence-electron chi connectivity index (χ4n) is 0.958. The van der Waals surface area contributed by atoms with Gasteiger partial charge in [0.05, 0.1) is 6.61 Å². The molecule has 0 saturated carbocycles. The quantitative estimate of drug-likeness (QED) is 0.664. The standard InChI is InChI=1S/C11H14O/c1-10-5-7-11(8-6-10)4-3-9-12-2/h3-8H,9H2,1-2H3/b4-3+. The number of hydrogen-bond acceptors (Lipinski definition) is 1. The van der Waals surface area contributed by atoms with Crippen LogP contribution in [0, 0.1) is 6.92 Å². The van der Waals surface area contributed by atoms with Crippen molar-refractivity contribution in [2.24, 2.45) is 0 Å². The first kappa shape index (κ1) is 9.01. The van der Waals surface area contributed by atoms with Crippen LogP contribution in [0.4, 0.5) is 0 Å². The van der Waals surface area contributed by atoms with Crippen molar-refractivity contribution in [2.75, 3.05) is 13.7 Å². The highest BCUT2D eigenvalue weighted by atomic mass is 16.5. The van der Waals surface area contributed by atoms with Crippen molar-refractivity contribution >= 4 is 6.08 Å². The fraction of sp³-hybridized carbons (Fsp3) is 0.273. The maximum atomic E-state index is 4.90. The molecule has 0 spiro atoms. The van der Waals surface area contributed by atoms with E-state index in [9.17, 15) is 0 Å². The largest absolute Gasteiger partial charge is 0.381 e. The number of hydrogen-bond donors (Lipinski definition) is 0. The Morgan fingerprint density at radius 1 is 1.25 bits per heavy atom. The molecule has 0 aliphatic carbocycles. The highest BCUT2D eigenvalue weighted by Gasteiger charge is 1.84. The van der Waals surface area contributed by atoms with E-state index >= 15 is 0 Å². The van der Waals surface area contributed by atoms with E-state index in [0.29, 0.717) is 6.61 Å². The fourth-order valence-corrected chi connectivity index (χ4v) is 0.958. The molecular formula is C11H14O. The van der Waals surface area contributed by atoms with Gasteiger partial charge in [0.1, 0.15) is 0 Å². The Bertz CT molecular complexity index is 246. The number of aryl methyl sites for hydroxylation is 1. The molecule has 1 nitrogen and oxygen atoms in total. The average Bonchev–Trinajstić information content (AvgIpc) is 2.09. The first-order chi connectivity index (χ1) is 5.83. The number of rotatable bonds is 3. The molecular weight excluding hydrogens is 148 g/mol. The van der Waals surface area contributed by atoms with Gasteiger partial charge in [0.15, 0.2) is 0 Å². The second-order valence-electron chi connectivity index (χ2n) is 2.77. The highest BCUT2D eigenvalue weighted by molar-refractivity contribution is 5.49. The third kappa shape index (κ3) is 2.89. The number of ether oxygens (including phenoxy) is 1. The van der Waals surface area contributed by atoms with Gasteiger partial charge in [-0.3, -0.25) is 0 Å². The van der Waals surface area contributed by atoms with E-state index in [0.717, 1.165) is 0 Å². The summed E-state index contributed by atoms with van der Waals surface area (Å²) in [4.78, 5) is 0. The van der Waals surface area contributed by atoms with Crippen molar-refractivity contribution in [1.82, 2.24) is 0 Å². The van der Waals surface area contributed by atoms with Gasteiger partial charge in [-0.2, -0.15) is 0 Å². The molecule has 1 aromatic rings. The molecule has 0 radical (unpaired) electrons. The van der Waals surface area contributed by atoms with Crippen LogP contribution in [0.5, 0.6) is 0 Å². The lowest BCUT2D eigenvalue weighted by atomic mass is 10.1. The molecule has 12 heavy (non-hydrogen) atoms. The summed E-state index contributed by atoms with van der Waals surface area (Å²) in [6, 6.07) is 8.40. The van der Waals surface area contributed by atoms with Crippen LogP contribution in [0.15, 0.2) is 30.3 Å². The zero-order valence-corrected chi connectivity index (χ0v) is 7.58. The summed E-state index contributed by atoms with van der Waals surface area (Å²) >= 11 is 0. The van der Waals surface area contributed by atoms with Gasteiger partial charge < -0.3 is 4.74 Å². The Kier molecular flexibility index (Phi) is 3.55. The summed E-state index contributed by atoms with van der Waals surface area (Å²) in [7, 11) is 1.69. The minimum absolute atomic E-state index is 0.674. The topological polar surface area (TPSA) is 9.23 Å². The SMILES string of the molecule is COC/C=C/c1ccc(C)cc1. The second kappa shape index (κ2) is 4.73. The van der Waals surface area contributed by atoms with E-state index < -0.39 is 0 Å². The third-order valence-electron chi connectivity index (χ3n) is 1.65. The minimum atomic E-state index is 0.674. The zero-order chi connectivity index (χ0) is 8.81. The first-order valence-corrected chi connectivity index (χ1v) is 4.05. The van der Waals surface area contributed by atoms with E-state index in [1.807, 2.05) is 6.08 Å². The van der Waals surface area contributed by atoms with Gasteiger partial charge in [-0.1, -0.05) is 42.0 Å². The summed E-state index contributed by atoms with van der Waals surface area (Å²) in [5.74, 6) is 0. The van der Waals surface area contributed by atoms with Gasteiger partial charge in [0.25, 0.3) is 0 Å². The van der Waals surface area contributed by atoms with Gasteiger partial charge in [-0.15, -0.1) is 0 Å². The molecule has 0 aliphatic rings. The van der Waals surface area contributed by atoms with Gasteiger partial charge in [0, 0.05) is 7.11 Å². The second-order valence-corrected chi connectivity index (χ2v) is 2.77. The lowest BCUT2D eigenvalue weighted by Crippen LogP contribution is -1.80. The Balaban J connectivity index is 2.58. The minimum Gasteiger partial charge on any atom is -0.381 e. The van der Waals surface area contributed by atoms with Gasteiger partial charge in [0.2, 0.25) is 0 Å². The molecule has 0 aromatic heterocycles. The van der Waals surface area contributed by atoms with Crippen molar-refractivity contribution in [3.05, 3.63) is 41.5 Å². The van der Waals surface area contributed by atoms with Crippen LogP contribution in [0.2, 0.25) is 0 Å². The summed E-state index contributed by atoms with van der Waals surface area (Å²) in [6.45, 7) is 2.76. The molecule has 1 rings (SSSR count). The van der Waals surface area contributed by atoms with Crippen molar-refractivity contribution in [3.8, 4) is 0 Å². The number of methoxy groups -OCH3 is 1. The number of benzene rings is 1. The Morgan fingerprint density at radius 2 is 1.92 bits per heavy atom. The van der Waals surface area contributed by atoms with Crippen molar-refractivity contribution in [3.63, 3.8) is 0 Å². The predicted octanol–water partition coefficient (Wildman–Crippen LogP) is 2.65. The van der Waals surface area contributed by atoms with Crippen LogP contribution in [0.1, 0.15) is 11.1 Å². The highest BCUT2D eigenvalue weighted by Crippen LogP contribution is 2.04. The van der Waals surface area contributed by atoms with Crippen molar-refractivity contribution in [1.29, 1.82) is 0 Å². The van der Waals surface area contributed by atoms with E-state index in [1.165, 1.54) is 11.1 Å². The lowest BCUT2D eigenvalue weighted by molar-refractivity contribution is 0.234. The van der Waals surface area contributed by atoms with Gasteiger partial charge in [-0.05, 0) is 12.5 Å². The van der Waals surface area contributed by atoms with Crippen molar-refractivity contribution < 1.29 is 4.74 Å². The Hall–Kier alpha value is -1.08. The lowest BCUT2D eigenvalue weighted by Gasteiger charge is -1.94. The third-order valence-corrected chi connectivity index (χ3v) is 1.65. The molecule has 0 saturated heterocycles. The van der Waals surface area contributed by atoms with E-state index in [-0.39, 0.29) is 0 Å². The molecule has 0 N–H and O–H groups in total. The molecule has 0 amide bonds. The van der Waals surface area contributed by atoms with Crippen LogP contribution >= 0.6 is 0 Å². The van der Waals surface area contributed by atoms with Crippen LogP contribution in [-0.4, -0.2) is 13.7 Å². The molecule has 0 heterocycles. The summed E-state index contributed by atoms with van der Waals surface area (Å²) in [5, 5.41) is 0. The Labute approximate surface area is 73.7 Å². The summed E-state index contributed by atoms with van der Waals surface area (Å²) in [5.41, 5.74) is 2.51. The van der Waals surface area contributed by atoms with E-state index in [4.69, 9.17) is 4.74 Å². The van der Waals surface area contributed by atoms with E-state index in [2.05, 4.69) is 37.3 Å². The molecule has 1 heteroatoms. The van der Waals surface area contributed by atoms with Crippen LogP contribution in [0.3, 0.4) is 0 Å². The smallest absolute Gasteiger partial charge is 0.0646 e. The van der Waals surface area contributed by atoms with E-state index in [1.54, 1.807) is 7.11 Å². The zero-order valence-electron chi connectivity index (χ0n) is 7.58. The molecule has 0 aliphatic heterocycles. The molecule has 0 fully saturated rings. The maximum absolute atomic E-state index is 4.90. The molecule has 0 atom stereocenters. The normalized spacial score (nSPS) is 10.8. The summed E-state index contributed by atoms with van der Waals surface area (Å²) < 4.78 is 4.90. The predicted molar refractivity (Wildman–Crippen MR) is 52.1 cm³/mol. The van der Waals surface area contributed by atoms with Gasteiger partial charge >= 0.3 is 0 Å². The van der Waals surface area contributed by atoms with Crippen molar-refractivity contribution in [2.45, 2.75) is 6.92 Å². The van der Waals surface area contributed by atoms with Crippen LogP contribution < -0.4 is 0 Å². The summed E-state index contributed by atoms with van der Waals surface area (Å²) in [6.07, 6.45) is 4.06. The molecule has 1 aromatic carbocycles. The molecule has 64 valence electrons. The average molecular weight is 162 g/mol. The Morgan fingerprint density at radius 3 is 2.50 bits per heavy atom.